The zero-order valence-corrected chi connectivity index (χ0v) is 16.1. The fraction of sp³-hybridized carbons (Fsp3) is 0.435. The molecule has 4 rings (SSSR count). The number of rotatable bonds is 5. The largest absolute Gasteiger partial charge is 0.508 e. The van der Waals surface area contributed by atoms with Gasteiger partial charge in [-0.1, -0.05) is 12.1 Å². The Hall–Kier alpha value is -2.56. The van der Waals surface area contributed by atoms with E-state index in [2.05, 4.69) is 6.92 Å². The number of carbonyl (C=O) groups is 1. The van der Waals surface area contributed by atoms with Crippen LogP contribution in [0.4, 0.5) is 4.39 Å². The molecule has 1 heterocycles. The van der Waals surface area contributed by atoms with Gasteiger partial charge in [-0.3, -0.25) is 4.79 Å². The first-order chi connectivity index (χ1) is 13.5. The molecule has 1 unspecified atom stereocenters. The molecule has 0 bridgehead atoms. The smallest absolute Gasteiger partial charge is 0.254 e. The van der Waals surface area contributed by atoms with Gasteiger partial charge in [-0.15, -0.1) is 0 Å². The number of phenolic OH excluding ortho intramolecular Hbond substituents is 1. The van der Waals surface area contributed by atoms with Gasteiger partial charge in [0, 0.05) is 24.7 Å². The van der Waals surface area contributed by atoms with Crippen LogP contribution in [0.2, 0.25) is 0 Å². The Morgan fingerprint density at radius 3 is 2.71 bits per heavy atom. The van der Waals surface area contributed by atoms with Crippen LogP contribution < -0.4 is 4.74 Å². The van der Waals surface area contributed by atoms with E-state index in [-0.39, 0.29) is 23.6 Å². The molecule has 1 amide bonds. The van der Waals surface area contributed by atoms with Gasteiger partial charge < -0.3 is 14.7 Å². The number of hydrogen-bond donors (Lipinski definition) is 1. The third kappa shape index (κ3) is 3.98. The second-order valence-electron chi connectivity index (χ2n) is 8.09. The molecule has 1 atom stereocenters. The minimum atomic E-state index is -0.280. The summed E-state index contributed by atoms with van der Waals surface area (Å²) in [7, 11) is 0. The molecular formula is C23H26FNO3. The molecule has 0 saturated heterocycles. The Labute approximate surface area is 164 Å². The van der Waals surface area contributed by atoms with E-state index >= 15 is 0 Å². The Balaban J connectivity index is 1.28. The van der Waals surface area contributed by atoms with Gasteiger partial charge in [0.05, 0.1) is 6.10 Å². The van der Waals surface area contributed by atoms with Crippen molar-refractivity contribution < 1.29 is 19.0 Å². The van der Waals surface area contributed by atoms with Gasteiger partial charge in [0.1, 0.15) is 17.3 Å². The van der Waals surface area contributed by atoms with E-state index in [1.54, 1.807) is 24.3 Å². The molecule has 1 N–H and O–H groups in total. The highest BCUT2D eigenvalue weighted by Gasteiger charge is 2.32. The first-order valence-corrected chi connectivity index (χ1v) is 10.0. The summed E-state index contributed by atoms with van der Waals surface area (Å²) in [5.41, 5.74) is 1.62. The van der Waals surface area contributed by atoms with Crippen LogP contribution in [0.5, 0.6) is 11.5 Å². The number of carbonyl (C=O) groups excluding carboxylic acids is 1. The molecule has 5 heteroatoms. The van der Waals surface area contributed by atoms with Crippen LogP contribution in [-0.2, 0) is 6.54 Å². The molecule has 1 aliphatic carbocycles. The van der Waals surface area contributed by atoms with Gasteiger partial charge in [-0.05, 0) is 74.3 Å². The van der Waals surface area contributed by atoms with E-state index in [9.17, 15) is 14.3 Å². The predicted molar refractivity (Wildman–Crippen MR) is 105 cm³/mol. The maximum Gasteiger partial charge on any atom is 0.254 e. The molecular weight excluding hydrogens is 357 g/mol. The molecule has 0 radical (unpaired) electrons. The summed E-state index contributed by atoms with van der Waals surface area (Å²) in [4.78, 5) is 14.5. The van der Waals surface area contributed by atoms with E-state index in [1.807, 2.05) is 11.0 Å². The number of ether oxygens (including phenoxy) is 1. The zero-order chi connectivity index (χ0) is 19.7. The quantitative estimate of drug-likeness (QED) is 0.810. The van der Waals surface area contributed by atoms with Crippen molar-refractivity contribution >= 4 is 5.91 Å². The SMILES string of the molecule is CC(Oc1cccc(F)c1)[C@H]1CC[C@H](CN2Cc3ccc(O)cc3C2=O)CC1. The van der Waals surface area contributed by atoms with Gasteiger partial charge in [-0.25, -0.2) is 4.39 Å². The van der Waals surface area contributed by atoms with Crippen LogP contribution in [0, 0.1) is 17.7 Å². The van der Waals surface area contributed by atoms with Crippen molar-refractivity contribution in [2.24, 2.45) is 11.8 Å². The molecule has 2 aliphatic rings. The van der Waals surface area contributed by atoms with Gasteiger partial charge in [0.2, 0.25) is 0 Å². The fourth-order valence-corrected chi connectivity index (χ4v) is 4.50. The molecule has 2 aromatic carbocycles. The second kappa shape index (κ2) is 7.82. The van der Waals surface area contributed by atoms with Crippen molar-refractivity contribution in [3.8, 4) is 11.5 Å². The molecule has 1 saturated carbocycles. The third-order valence-electron chi connectivity index (χ3n) is 6.12. The lowest BCUT2D eigenvalue weighted by molar-refractivity contribution is 0.0685. The molecule has 1 aliphatic heterocycles. The van der Waals surface area contributed by atoms with E-state index in [4.69, 9.17) is 4.74 Å². The van der Waals surface area contributed by atoms with Crippen LogP contribution in [0.15, 0.2) is 42.5 Å². The van der Waals surface area contributed by atoms with E-state index in [0.717, 1.165) is 37.8 Å². The minimum absolute atomic E-state index is 0.0239. The van der Waals surface area contributed by atoms with Crippen molar-refractivity contribution in [1.82, 2.24) is 4.90 Å². The highest BCUT2D eigenvalue weighted by molar-refractivity contribution is 5.98. The van der Waals surface area contributed by atoms with Crippen molar-refractivity contribution in [3.05, 3.63) is 59.4 Å². The minimum Gasteiger partial charge on any atom is -0.508 e. The monoisotopic (exact) mass is 383 g/mol. The molecule has 1 fully saturated rings. The number of nitrogens with zero attached hydrogens (tertiary/aromatic N) is 1. The molecule has 0 spiro atoms. The summed E-state index contributed by atoms with van der Waals surface area (Å²) in [5, 5.41) is 9.62. The lowest BCUT2D eigenvalue weighted by Crippen LogP contribution is -2.34. The Bertz CT molecular complexity index is 861. The number of amides is 1. The zero-order valence-electron chi connectivity index (χ0n) is 16.1. The first kappa shape index (κ1) is 18.8. The Morgan fingerprint density at radius 2 is 1.96 bits per heavy atom. The van der Waals surface area contributed by atoms with Crippen molar-refractivity contribution in [2.45, 2.75) is 45.3 Å². The van der Waals surface area contributed by atoms with Gasteiger partial charge in [0.25, 0.3) is 5.91 Å². The highest BCUT2D eigenvalue weighted by Crippen LogP contribution is 2.35. The molecule has 4 nitrogen and oxygen atoms in total. The van der Waals surface area contributed by atoms with Crippen molar-refractivity contribution in [3.63, 3.8) is 0 Å². The summed E-state index contributed by atoms with van der Waals surface area (Å²) in [5.74, 6) is 1.40. The Morgan fingerprint density at radius 1 is 1.18 bits per heavy atom. The maximum absolute atomic E-state index is 13.3. The van der Waals surface area contributed by atoms with Crippen LogP contribution in [0.1, 0.15) is 48.5 Å². The average molecular weight is 383 g/mol. The highest BCUT2D eigenvalue weighted by atomic mass is 19.1. The molecule has 28 heavy (non-hydrogen) atoms. The lowest BCUT2D eigenvalue weighted by Gasteiger charge is -2.34. The number of hydrogen-bond acceptors (Lipinski definition) is 3. The standard InChI is InChI=1S/C23H26FNO3/c1-15(28-21-4-2-3-19(24)11-21)17-7-5-16(6-8-17)13-25-14-18-9-10-20(26)12-22(18)23(25)27/h2-4,9-12,15-17,26H,5-8,13-14H2,1H3/t15?,16-,17-. The van der Waals surface area contributed by atoms with Crippen molar-refractivity contribution in [1.29, 1.82) is 0 Å². The number of phenols is 1. The maximum atomic E-state index is 13.3. The molecule has 2 aromatic rings. The normalized spacial score (nSPS) is 22.8. The number of fused-ring (bicyclic) bond motifs is 1. The number of benzene rings is 2. The summed E-state index contributed by atoms with van der Waals surface area (Å²) >= 11 is 0. The summed E-state index contributed by atoms with van der Waals surface area (Å²) in [6.45, 7) is 3.45. The number of halogens is 1. The summed E-state index contributed by atoms with van der Waals surface area (Å²) in [6.07, 6.45) is 4.27. The van der Waals surface area contributed by atoms with Crippen LogP contribution in [0.3, 0.4) is 0 Å². The fourth-order valence-electron chi connectivity index (χ4n) is 4.50. The second-order valence-corrected chi connectivity index (χ2v) is 8.09. The van der Waals surface area contributed by atoms with E-state index in [0.29, 0.717) is 29.7 Å². The van der Waals surface area contributed by atoms with Crippen LogP contribution in [-0.4, -0.2) is 28.6 Å². The average Bonchev–Trinajstić information content (AvgIpc) is 2.98. The van der Waals surface area contributed by atoms with Gasteiger partial charge >= 0.3 is 0 Å². The van der Waals surface area contributed by atoms with Crippen LogP contribution in [0.25, 0.3) is 0 Å². The molecule has 0 aromatic heterocycles. The van der Waals surface area contributed by atoms with Gasteiger partial charge in [-0.2, -0.15) is 0 Å². The van der Waals surface area contributed by atoms with Crippen LogP contribution >= 0.6 is 0 Å². The third-order valence-corrected chi connectivity index (χ3v) is 6.12. The summed E-state index contributed by atoms with van der Waals surface area (Å²) in [6, 6.07) is 11.4. The van der Waals surface area contributed by atoms with E-state index < -0.39 is 0 Å². The molecule has 148 valence electrons. The Kier molecular flexibility index (Phi) is 5.25. The lowest BCUT2D eigenvalue weighted by atomic mass is 9.79. The van der Waals surface area contributed by atoms with Gasteiger partial charge in [0.15, 0.2) is 0 Å². The predicted octanol–water partition coefficient (Wildman–Crippen LogP) is 4.76. The van der Waals surface area contributed by atoms with Crippen molar-refractivity contribution in [2.75, 3.05) is 6.54 Å². The van der Waals surface area contributed by atoms with E-state index in [1.165, 1.54) is 12.1 Å². The summed E-state index contributed by atoms with van der Waals surface area (Å²) < 4.78 is 19.3. The first-order valence-electron chi connectivity index (χ1n) is 10.0. The number of aromatic hydroxyl groups is 1. The topological polar surface area (TPSA) is 49.8 Å².